The van der Waals surface area contributed by atoms with Gasteiger partial charge in [0.2, 0.25) is 0 Å². The molecule has 0 atom stereocenters. The Labute approximate surface area is 197 Å². The number of carboxylic acids is 1. The number of unbranched alkanes of at least 4 members (excludes halogenated alkanes) is 14. The maximum absolute atomic E-state index is 10.2. The van der Waals surface area contributed by atoms with E-state index >= 15 is 0 Å². The van der Waals surface area contributed by atoms with E-state index in [0.717, 1.165) is 25.5 Å². The summed E-state index contributed by atoms with van der Waals surface area (Å²) in [6.07, 6.45) is 19.9. The van der Waals surface area contributed by atoms with E-state index in [2.05, 4.69) is 48.5 Å². The Bertz CT molecular complexity index is 334. The Kier molecular flexibility index (Phi) is 25.7. The second-order valence-corrected chi connectivity index (χ2v) is 17.0. The average Bonchev–Trinajstić information content (AvgIpc) is 2.64. The maximum atomic E-state index is 10.2. The van der Waals surface area contributed by atoms with Crippen molar-refractivity contribution >= 4 is 5.97 Å². The van der Waals surface area contributed by atoms with Crippen LogP contribution in [0.15, 0.2) is 0 Å². The van der Waals surface area contributed by atoms with Crippen LogP contribution in [0.3, 0.4) is 0 Å². The van der Waals surface area contributed by atoms with Crippen LogP contribution in [0.5, 0.6) is 0 Å². The summed E-state index contributed by atoms with van der Waals surface area (Å²) in [5.74, 6) is -0.903. The van der Waals surface area contributed by atoms with Crippen molar-refractivity contribution in [1.82, 2.24) is 0 Å². The fraction of sp³-hybridized carbons (Fsp3) is 0.963. The molecule has 0 fully saturated rings. The van der Waals surface area contributed by atoms with Gasteiger partial charge in [-0.15, -0.1) is 0 Å². The molecule has 0 N–H and O–H groups in total. The van der Waals surface area contributed by atoms with Crippen LogP contribution in [-0.4, -0.2) is 5.97 Å². The van der Waals surface area contributed by atoms with Crippen LogP contribution < -0.4 is 5.11 Å². The summed E-state index contributed by atoms with van der Waals surface area (Å²) < 4.78 is 3.00. The Morgan fingerprint density at radius 2 is 0.833 bits per heavy atom. The molecule has 0 aliphatic rings. The molecule has 0 heterocycles. The van der Waals surface area contributed by atoms with Gasteiger partial charge in [0.15, 0.2) is 0 Å². The van der Waals surface area contributed by atoms with E-state index in [1.165, 1.54) is 83.5 Å². The fourth-order valence-electron chi connectivity index (χ4n) is 4.64. The summed E-state index contributed by atoms with van der Waals surface area (Å²) in [4.78, 5) is 10.2. The van der Waals surface area contributed by atoms with E-state index in [4.69, 9.17) is 0 Å². The molecule has 0 spiro atoms. The number of carbonyl (C=O) groups is 1. The van der Waals surface area contributed by atoms with Gasteiger partial charge in [0, 0.05) is 5.97 Å². The Morgan fingerprint density at radius 3 is 1.03 bits per heavy atom. The van der Waals surface area contributed by atoms with Crippen LogP contribution in [0.1, 0.15) is 151 Å². The first-order valence-electron chi connectivity index (χ1n) is 13.3. The zero-order valence-corrected chi connectivity index (χ0v) is 23.4. The van der Waals surface area contributed by atoms with Crippen molar-refractivity contribution in [3.05, 3.63) is 0 Å². The van der Waals surface area contributed by atoms with E-state index < -0.39 is 23.8 Å². The van der Waals surface area contributed by atoms with Crippen molar-refractivity contribution < 1.29 is 27.8 Å². The number of rotatable bonds is 19. The SMILES string of the molecule is CCCCCCCCCCCCCCCCCC(=O)[O-].C[CH](C)[Ti+]([CH](C)C)[CH](C)C. The average molecular weight is 461 g/mol. The third-order valence-electron chi connectivity index (χ3n) is 5.98. The topological polar surface area (TPSA) is 40.1 Å². The van der Waals surface area contributed by atoms with Crippen molar-refractivity contribution in [2.45, 2.75) is 164 Å². The molecule has 0 unspecified atom stereocenters. The second kappa shape index (κ2) is 23.8. The molecule has 0 saturated carbocycles. The third kappa shape index (κ3) is 24.5. The van der Waals surface area contributed by atoms with Crippen molar-refractivity contribution in [2.75, 3.05) is 0 Å². The third-order valence-corrected chi connectivity index (χ3v) is 12.2. The monoisotopic (exact) mass is 460 g/mol. The zero-order chi connectivity index (χ0) is 23.2. The molecular weight excluding hydrogens is 404 g/mol. The fourth-order valence-corrected chi connectivity index (χ4v) is 10.9. The van der Waals surface area contributed by atoms with Crippen LogP contribution in [0.4, 0.5) is 0 Å². The molecular formula is C27H56O2Ti. The summed E-state index contributed by atoms with van der Waals surface area (Å²) in [6.45, 7) is 16.7. The summed E-state index contributed by atoms with van der Waals surface area (Å²) in [5.41, 5.74) is 0. The number of aliphatic carboxylic acids is 1. The van der Waals surface area contributed by atoms with Gasteiger partial charge in [-0.05, 0) is 12.8 Å². The minimum atomic E-state index is -0.903. The molecule has 0 aromatic rings. The van der Waals surface area contributed by atoms with Gasteiger partial charge in [-0.1, -0.05) is 96.8 Å². The number of hydrogen-bond donors (Lipinski definition) is 0. The zero-order valence-electron chi connectivity index (χ0n) is 21.9. The molecule has 0 aromatic heterocycles. The number of carboxylic acid groups (broad SMARTS) is 1. The molecule has 180 valence electrons. The Balaban J connectivity index is 0. The van der Waals surface area contributed by atoms with Crippen molar-refractivity contribution in [1.29, 1.82) is 0 Å². The summed E-state index contributed by atoms with van der Waals surface area (Å²) in [7, 11) is 0. The van der Waals surface area contributed by atoms with Gasteiger partial charge in [-0.3, -0.25) is 0 Å². The van der Waals surface area contributed by atoms with Gasteiger partial charge in [-0.25, -0.2) is 0 Å². The van der Waals surface area contributed by atoms with Gasteiger partial charge in [0.05, 0.1) is 0 Å². The summed E-state index contributed by atoms with van der Waals surface area (Å²) in [5, 5.41) is 10.2. The molecule has 30 heavy (non-hydrogen) atoms. The predicted molar refractivity (Wildman–Crippen MR) is 130 cm³/mol. The van der Waals surface area contributed by atoms with E-state index in [1.807, 2.05) is 0 Å². The molecule has 0 aliphatic carbocycles. The molecule has 0 saturated heterocycles. The van der Waals surface area contributed by atoms with E-state index in [9.17, 15) is 9.90 Å². The van der Waals surface area contributed by atoms with E-state index in [-0.39, 0.29) is 6.42 Å². The first kappa shape index (κ1) is 32.4. The molecule has 0 aromatic carbocycles. The summed E-state index contributed by atoms with van der Waals surface area (Å²) in [6, 6.07) is 0. The molecule has 0 radical (unpaired) electrons. The second-order valence-electron chi connectivity index (χ2n) is 10.0. The quantitative estimate of drug-likeness (QED) is 0.142. The van der Waals surface area contributed by atoms with Crippen LogP contribution in [0, 0.1) is 0 Å². The van der Waals surface area contributed by atoms with Gasteiger partial charge in [-0.2, -0.15) is 0 Å². The molecule has 0 amide bonds. The van der Waals surface area contributed by atoms with Crippen molar-refractivity contribution in [2.24, 2.45) is 0 Å². The molecule has 0 rings (SSSR count). The predicted octanol–water partition coefficient (Wildman–Crippen LogP) is 9.09. The van der Waals surface area contributed by atoms with Gasteiger partial charge in [0.25, 0.3) is 0 Å². The Morgan fingerprint density at radius 1 is 0.567 bits per heavy atom. The molecule has 2 nitrogen and oxygen atoms in total. The van der Waals surface area contributed by atoms with Crippen LogP contribution in [0.2, 0.25) is 12.7 Å². The van der Waals surface area contributed by atoms with Crippen LogP contribution >= 0.6 is 0 Å². The Hall–Kier alpha value is 0.184. The van der Waals surface area contributed by atoms with Gasteiger partial charge in [0.1, 0.15) is 0 Å². The van der Waals surface area contributed by atoms with Crippen molar-refractivity contribution in [3.63, 3.8) is 0 Å². The van der Waals surface area contributed by atoms with Crippen LogP contribution in [-0.2, 0) is 22.7 Å². The van der Waals surface area contributed by atoms with Crippen LogP contribution in [0.25, 0.3) is 0 Å². The number of hydrogen-bond acceptors (Lipinski definition) is 2. The minimum absolute atomic E-state index is 0.234. The first-order valence-corrected chi connectivity index (χ1v) is 16.0. The standard InChI is InChI=1S/C18H36O2.3C3H7.Ti/c1-2-3-4-5-6-7-8-9-10-11-12-13-14-15-16-17-18(19)20;3*1-3-2;/h2-17H2,1H3,(H,19,20);3*3H,1-2H3;/q;;;;+1/p-1. The number of carbonyl (C=O) groups excluding carboxylic acids is 1. The first-order chi connectivity index (χ1) is 14.2. The summed E-state index contributed by atoms with van der Waals surface area (Å²) >= 11 is -0.722. The molecule has 0 bridgehead atoms. The van der Waals surface area contributed by atoms with Crippen molar-refractivity contribution in [3.8, 4) is 0 Å². The van der Waals surface area contributed by atoms with E-state index in [1.54, 1.807) is 0 Å². The molecule has 3 heteroatoms. The van der Waals surface area contributed by atoms with Gasteiger partial charge < -0.3 is 9.90 Å². The normalized spacial score (nSPS) is 11.1. The van der Waals surface area contributed by atoms with E-state index in [0.29, 0.717) is 0 Å². The molecule has 0 aliphatic heterocycles. The van der Waals surface area contributed by atoms with Gasteiger partial charge >= 0.3 is 72.1 Å².